The van der Waals surface area contributed by atoms with Crippen molar-refractivity contribution in [2.75, 3.05) is 19.0 Å². The Hall–Kier alpha value is -3.51. The van der Waals surface area contributed by atoms with Crippen molar-refractivity contribution >= 4 is 34.3 Å². The predicted molar refractivity (Wildman–Crippen MR) is 112 cm³/mol. The van der Waals surface area contributed by atoms with Crippen LogP contribution in [0.3, 0.4) is 0 Å². The van der Waals surface area contributed by atoms with Gasteiger partial charge in [-0.15, -0.1) is 0 Å². The molecule has 0 unspecified atom stereocenters. The van der Waals surface area contributed by atoms with Gasteiger partial charge in [0.15, 0.2) is 12.2 Å². The van der Waals surface area contributed by atoms with E-state index in [-0.39, 0.29) is 12.5 Å². The largest absolute Gasteiger partial charge is 0.497 e. The minimum atomic E-state index is -0.276. The molecular weight excluding hydrogens is 392 g/mol. The van der Waals surface area contributed by atoms with E-state index < -0.39 is 0 Å². The molecule has 1 aromatic heterocycles. The summed E-state index contributed by atoms with van der Waals surface area (Å²) < 4.78 is 16.4. The second-order valence-corrected chi connectivity index (χ2v) is 6.66. The number of carbonyl (C=O) groups excluding carboxylic acids is 1. The molecule has 0 fully saturated rings. The van der Waals surface area contributed by atoms with Gasteiger partial charge in [0.05, 0.1) is 7.11 Å². The quantitative estimate of drug-likeness (QED) is 0.476. The lowest BCUT2D eigenvalue weighted by Crippen LogP contribution is -2.20. The van der Waals surface area contributed by atoms with Gasteiger partial charge in [0.1, 0.15) is 17.0 Å². The number of nitrogens with zero attached hydrogens (tertiary/aromatic N) is 1. The highest BCUT2D eigenvalue weighted by atomic mass is 35.5. The highest BCUT2D eigenvalue weighted by Crippen LogP contribution is 2.27. The van der Waals surface area contributed by atoms with Gasteiger partial charge in [-0.05, 0) is 60.7 Å². The SMILES string of the molecule is COc1ccc(OCC(=O)Nc2cccc(-c3nc4cc(Cl)ccc4o3)c2)cc1. The van der Waals surface area contributed by atoms with Crippen LogP contribution in [0.15, 0.2) is 71.1 Å². The summed E-state index contributed by atoms with van der Waals surface area (Å²) in [5, 5.41) is 3.40. The van der Waals surface area contributed by atoms with Gasteiger partial charge in [-0.2, -0.15) is 0 Å². The first-order valence-corrected chi connectivity index (χ1v) is 9.22. The number of methoxy groups -OCH3 is 1. The predicted octanol–water partition coefficient (Wildman–Crippen LogP) is 5.17. The van der Waals surface area contributed by atoms with Crippen LogP contribution in [-0.4, -0.2) is 24.6 Å². The third-order valence-corrected chi connectivity index (χ3v) is 4.41. The van der Waals surface area contributed by atoms with E-state index in [4.69, 9.17) is 25.5 Å². The first kappa shape index (κ1) is 18.8. The van der Waals surface area contributed by atoms with Crippen LogP contribution >= 0.6 is 11.6 Å². The molecule has 0 atom stereocenters. The van der Waals surface area contributed by atoms with Gasteiger partial charge in [-0.25, -0.2) is 4.98 Å². The second-order valence-electron chi connectivity index (χ2n) is 6.22. The van der Waals surface area contributed by atoms with Crippen LogP contribution in [0.2, 0.25) is 5.02 Å². The van der Waals surface area contributed by atoms with Crippen LogP contribution in [0, 0.1) is 0 Å². The van der Waals surface area contributed by atoms with Crippen molar-refractivity contribution in [3.8, 4) is 23.0 Å². The number of oxazole rings is 1. The van der Waals surface area contributed by atoms with Crippen LogP contribution in [0.5, 0.6) is 11.5 Å². The Balaban J connectivity index is 1.43. The summed E-state index contributed by atoms with van der Waals surface area (Å²) in [5.74, 6) is 1.48. The fourth-order valence-corrected chi connectivity index (χ4v) is 2.94. The van der Waals surface area contributed by atoms with E-state index in [0.29, 0.717) is 33.4 Å². The molecule has 0 saturated carbocycles. The Morgan fingerprint density at radius 1 is 1.07 bits per heavy atom. The van der Waals surface area contributed by atoms with Gasteiger partial charge in [-0.3, -0.25) is 4.79 Å². The Labute approximate surface area is 172 Å². The van der Waals surface area contributed by atoms with E-state index in [1.165, 1.54) is 0 Å². The lowest BCUT2D eigenvalue weighted by atomic mass is 10.2. The van der Waals surface area contributed by atoms with Crippen molar-refractivity contribution in [3.05, 3.63) is 71.8 Å². The van der Waals surface area contributed by atoms with Crippen molar-refractivity contribution in [2.45, 2.75) is 0 Å². The van der Waals surface area contributed by atoms with Gasteiger partial charge in [-0.1, -0.05) is 17.7 Å². The second kappa shape index (κ2) is 8.24. The number of hydrogen-bond donors (Lipinski definition) is 1. The topological polar surface area (TPSA) is 73.6 Å². The molecule has 0 bridgehead atoms. The van der Waals surface area contributed by atoms with E-state index in [1.807, 2.05) is 12.1 Å². The molecule has 0 aliphatic heterocycles. The fourth-order valence-electron chi connectivity index (χ4n) is 2.77. The molecule has 1 N–H and O–H groups in total. The Bertz CT molecular complexity index is 1160. The number of benzene rings is 3. The molecule has 29 heavy (non-hydrogen) atoms. The molecule has 4 rings (SSSR count). The lowest BCUT2D eigenvalue weighted by Gasteiger charge is -2.08. The van der Waals surface area contributed by atoms with Gasteiger partial charge in [0, 0.05) is 16.3 Å². The third-order valence-electron chi connectivity index (χ3n) is 4.17. The maximum atomic E-state index is 12.2. The number of nitrogens with one attached hydrogen (secondary N) is 1. The minimum absolute atomic E-state index is 0.113. The highest BCUT2D eigenvalue weighted by molar-refractivity contribution is 6.31. The third kappa shape index (κ3) is 4.50. The van der Waals surface area contributed by atoms with Crippen LogP contribution in [0.1, 0.15) is 0 Å². The highest BCUT2D eigenvalue weighted by Gasteiger charge is 2.10. The molecule has 0 radical (unpaired) electrons. The van der Waals surface area contributed by atoms with Crippen molar-refractivity contribution in [3.63, 3.8) is 0 Å². The van der Waals surface area contributed by atoms with Crippen molar-refractivity contribution in [1.29, 1.82) is 0 Å². The number of hydrogen-bond acceptors (Lipinski definition) is 5. The number of anilines is 1. The number of rotatable bonds is 6. The summed E-state index contributed by atoms with van der Waals surface area (Å²) in [4.78, 5) is 16.7. The number of halogens is 1. The van der Waals surface area contributed by atoms with Crippen LogP contribution in [0.25, 0.3) is 22.6 Å². The molecule has 0 aliphatic carbocycles. The van der Waals surface area contributed by atoms with Crippen molar-refractivity contribution in [2.24, 2.45) is 0 Å². The summed E-state index contributed by atoms with van der Waals surface area (Å²) in [6.45, 7) is -0.113. The first-order valence-electron chi connectivity index (χ1n) is 8.84. The Kier molecular flexibility index (Phi) is 5.35. The van der Waals surface area contributed by atoms with E-state index in [0.717, 1.165) is 11.3 Å². The average Bonchev–Trinajstić information content (AvgIpc) is 3.16. The van der Waals surface area contributed by atoms with E-state index in [2.05, 4.69) is 10.3 Å². The maximum Gasteiger partial charge on any atom is 0.262 e. The smallest absolute Gasteiger partial charge is 0.262 e. The fraction of sp³-hybridized carbons (Fsp3) is 0.0909. The molecule has 1 heterocycles. The molecule has 1 amide bonds. The lowest BCUT2D eigenvalue weighted by molar-refractivity contribution is -0.118. The average molecular weight is 409 g/mol. The van der Waals surface area contributed by atoms with Gasteiger partial charge < -0.3 is 19.2 Å². The molecule has 0 aliphatic rings. The maximum absolute atomic E-state index is 12.2. The van der Waals surface area contributed by atoms with Gasteiger partial charge in [0.25, 0.3) is 5.91 Å². The number of amides is 1. The van der Waals surface area contributed by atoms with E-state index >= 15 is 0 Å². The van der Waals surface area contributed by atoms with Crippen molar-refractivity contribution in [1.82, 2.24) is 4.98 Å². The molecule has 6 nitrogen and oxygen atoms in total. The van der Waals surface area contributed by atoms with Crippen molar-refractivity contribution < 1.29 is 18.7 Å². The van der Waals surface area contributed by atoms with Crippen LogP contribution in [-0.2, 0) is 4.79 Å². The molecule has 0 saturated heterocycles. The summed E-state index contributed by atoms with van der Waals surface area (Å²) in [7, 11) is 1.59. The summed E-state index contributed by atoms with van der Waals surface area (Å²) in [5.41, 5.74) is 2.68. The normalized spacial score (nSPS) is 10.7. The Morgan fingerprint density at radius 3 is 2.66 bits per heavy atom. The molecule has 3 aromatic carbocycles. The number of carbonyl (C=O) groups is 1. The van der Waals surface area contributed by atoms with Gasteiger partial charge >= 0.3 is 0 Å². The molecule has 0 spiro atoms. The van der Waals surface area contributed by atoms with E-state index in [9.17, 15) is 4.79 Å². The summed E-state index contributed by atoms with van der Waals surface area (Å²) >= 11 is 6.00. The zero-order valence-corrected chi connectivity index (χ0v) is 16.3. The molecule has 146 valence electrons. The molecule has 7 heteroatoms. The standard InChI is InChI=1S/C22H17ClN2O4/c1-27-17-6-8-18(9-7-17)28-13-21(26)24-16-4-2-3-14(11-16)22-25-19-12-15(23)5-10-20(19)29-22/h2-12H,13H2,1H3,(H,24,26). The number of aromatic nitrogens is 1. The summed E-state index contributed by atoms with van der Waals surface area (Å²) in [6, 6.07) is 19.5. The molecular formula is C22H17ClN2O4. The van der Waals surface area contributed by atoms with E-state index in [1.54, 1.807) is 61.7 Å². The molecule has 4 aromatic rings. The summed E-state index contributed by atoms with van der Waals surface area (Å²) in [6.07, 6.45) is 0. The van der Waals surface area contributed by atoms with Crippen LogP contribution < -0.4 is 14.8 Å². The van der Waals surface area contributed by atoms with Gasteiger partial charge in [0.2, 0.25) is 5.89 Å². The first-order chi connectivity index (χ1) is 14.1. The zero-order chi connectivity index (χ0) is 20.2. The monoisotopic (exact) mass is 408 g/mol. The number of fused-ring (bicyclic) bond motifs is 1. The Morgan fingerprint density at radius 2 is 1.86 bits per heavy atom. The van der Waals surface area contributed by atoms with Crippen LogP contribution in [0.4, 0.5) is 5.69 Å². The minimum Gasteiger partial charge on any atom is -0.497 e. The zero-order valence-electron chi connectivity index (χ0n) is 15.5. The number of ether oxygens (including phenoxy) is 2.